The number of carbonyl (C=O) groups is 2. The number of carbonyl (C=O) groups excluding carboxylic acids is 2. The first-order chi connectivity index (χ1) is 6.63. The Morgan fingerprint density at radius 3 is 1.64 bits per heavy atom. The Labute approximate surface area is 80.6 Å². The lowest BCUT2D eigenvalue weighted by Crippen LogP contribution is -2.63. The second-order valence-corrected chi connectivity index (χ2v) is 3.72. The van der Waals surface area contributed by atoms with Gasteiger partial charge in [-0.1, -0.05) is 12.8 Å². The van der Waals surface area contributed by atoms with E-state index < -0.39 is 23.9 Å². The maximum absolute atomic E-state index is 11.1. The van der Waals surface area contributed by atoms with Gasteiger partial charge in [-0.3, -0.25) is 20.0 Å². The molecule has 6 nitrogen and oxygen atoms in total. The zero-order chi connectivity index (χ0) is 10.3. The van der Waals surface area contributed by atoms with Gasteiger partial charge in [-0.05, 0) is 12.8 Å². The number of amides is 2. The lowest BCUT2D eigenvalue weighted by molar-refractivity contribution is -0.236. The molecular weight excluding hydrogens is 188 g/mol. The molecule has 2 fully saturated rings. The van der Waals surface area contributed by atoms with Crippen molar-refractivity contribution in [2.75, 3.05) is 0 Å². The SMILES string of the molecule is O=C1C(=O)N(O)[C@H]2CCCC[C@H]2N1O. The topological polar surface area (TPSA) is 81.1 Å². The van der Waals surface area contributed by atoms with Gasteiger partial charge in [-0.25, -0.2) is 10.1 Å². The summed E-state index contributed by atoms with van der Waals surface area (Å²) in [7, 11) is 0. The standard InChI is InChI=1S/C8H12N2O4/c11-7-8(12)10(14)6-4-2-1-3-5(6)9(7)13/h5-6,13-14H,1-4H2/t5-,6+. The van der Waals surface area contributed by atoms with Crippen molar-refractivity contribution in [3.63, 3.8) is 0 Å². The normalized spacial score (nSPS) is 33.3. The van der Waals surface area contributed by atoms with Crippen LogP contribution in [0, 0.1) is 0 Å². The van der Waals surface area contributed by atoms with E-state index in [1.807, 2.05) is 0 Å². The number of hydrogen-bond acceptors (Lipinski definition) is 4. The van der Waals surface area contributed by atoms with Crippen molar-refractivity contribution in [1.82, 2.24) is 10.1 Å². The predicted octanol–water partition coefficient (Wildman–Crippen LogP) is -0.253. The highest BCUT2D eigenvalue weighted by molar-refractivity contribution is 6.34. The fraction of sp³-hybridized carbons (Fsp3) is 0.750. The first-order valence-electron chi connectivity index (χ1n) is 4.67. The molecule has 0 bridgehead atoms. The summed E-state index contributed by atoms with van der Waals surface area (Å²) in [5, 5.41) is 19.7. The summed E-state index contributed by atoms with van der Waals surface area (Å²) in [5.41, 5.74) is 0. The molecule has 2 aliphatic rings. The zero-order valence-electron chi connectivity index (χ0n) is 7.59. The van der Waals surface area contributed by atoms with Gasteiger partial charge in [0.2, 0.25) is 0 Å². The molecule has 1 heterocycles. The molecule has 0 aromatic carbocycles. The van der Waals surface area contributed by atoms with Crippen LogP contribution in [-0.4, -0.2) is 44.4 Å². The smallest absolute Gasteiger partial charge is 0.285 e. The van der Waals surface area contributed by atoms with E-state index in [1.54, 1.807) is 0 Å². The summed E-state index contributed by atoms with van der Waals surface area (Å²) in [4.78, 5) is 22.2. The number of nitrogens with zero attached hydrogens (tertiary/aromatic N) is 2. The van der Waals surface area contributed by atoms with E-state index in [0.717, 1.165) is 12.8 Å². The van der Waals surface area contributed by atoms with Crippen molar-refractivity contribution in [2.45, 2.75) is 37.8 Å². The summed E-state index contributed by atoms with van der Waals surface area (Å²) in [6, 6.07) is -0.891. The molecule has 2 N–H and O–H groups in total. The summed E-state index contributed by atoms with van der Waals surface area (Å²) in [6.45, 7) is 0. The number of fused-ring (bicyclic) bond motifs is 1. The van der Waals surface area contributed by atoms with Gasteiger partial charge in [-0.2, -0.15) is 0 Å². The third-order valence-electron chi connectivity index (χ3n) is 2.92. The highest BCUT2D eigenvalue weighted by Gasteiger charge is 2.46. The van der Waals surface area contributed by atoms with Crippen LogP contribution in [0.4, 0.5) is 0 Å². The van der Waals surface area contributed by atoms with Gasteiger partial charge in [-0.15, -0.1) is 0 Å². The number of rotatable bonds is 0. The number of hydrogen-bond donors (Lipinski definition) is 2. The van der Waals surface area contributed by atoms with Gasteiger partial charge in [0.1, 0.15) is 0 Å². The van der Waals surface area contributed by atoms with Crippen LogP contribution in [-0.2, 0) is 9.59 Å². The molecule has 14 heavy (non-hydrogen) atoms. The van der Waals surface area contributed by atoms with Crippen molar-refractivity contribution in [2.24, 2.45) is 0 Å². The van der Waals surface area contributed by atoms with Gasteiger partial charge >= 0.3 is 11.8 Å². The van der Waals surface area contributed by atoms with Crippen LogP contribution in [0.3, 0.4) is 0 Å². The first-order valence-corrected chi connectivity index (χ1v) is 4.67. The number of hydroxylamine groups is 4. The van der Waals surface area contributed by atoms with Crippen LogP contribution in [0.15, 0.2) is 0 Å². The second kappa shape index (κ2) is 3.21. The Morgan fingerprint density at radius 2 is 1.29 bits per heavy atom. The van der Waals surface area contributed by atoms with Gasteiger partial charge in [0.15, 0.2) is 0 Å². The van der Waals surface area contributed by atoms with Gasteiger partial charge in [0.25, 0.3) is 0 Å². The maximum atomic E-state index is 11.1. The summed E-state index contributed by atoms with van der Waals surface area (Å²) >= 11 is 0. The second-order valence-electron chi connectivity index (χ2n) is 3.72. The van der Waals surface area contributed by atoms with Crippen molar-refractivity contribution in [3.05, 3.63) is 0 Å². The lowest BCUT2D eigenvalue weighted by atomic mass is 9.88. The van der Waals surface area contributed by atoms with E-state index in [4.69, 9.17) is 0 Å². The molecule has 0 spiro atoms. The minimum Gasteiger partial charge on any atom is -0.285 e. The Morgan fingerprint density at radius 1 is 0.929 bits per heavy atom. The molecule has 2 atom stereocenters. The minimum absolute atomic E-state index is 0.445. The molecule has 0 unspecified atom stereocenters. The fourth-order valence-electron chi connectivity index (χ4n) is 2.16. The molecule has 1 saturated carbocycles. The fourth-order valence-corrected chi connectivity index (χ4v) is 2.16. The van der Waals surface area contributed by atoms with E-state index in [-0.39, 0.29) is 0 Å². The molecule has 2 rings (SSSR count). The van der Waals surface area contributed by atoms with Crippen molar-refractivity contribution < 1.29 is 20.0 Å². The average molecular weight is 200 g/mol. The first kappa shape index (κ1) is 9.42. The van der Waals surface area contributed by atoms with Gasteiger partial charge in [0, 0.05) is 0 Å². The Balaban J connectivity index is 2.25. The van der Waals surface area contributed by atoms with Crippen LogP contribution in [0.5, 0.6) is 0 Å². The molecule has 1 saturated heterocycles. The van der Waals surface area contributed by atoms with Crippen LogP contribution in [0.25, 0.3) is 0 Å². The van der Waals surface area contributed by atoms with Crippen molar-refractivity contribution in [3.8, 4) is 0 Å². The predicted molar refractivity (Wildman–Crippen MR) is 43.3 cm³/mol. The Kier molecular flexibility index (Phi) is 2.16. The molecule has 0 aromatic rings. The summed E-state index contributed by atoms with van der Waals surface area (Å²) < 4.78 is 0. The zero-order valence-corrected chi connectivity index (χ0v) is 7.59. The molecule has 1 aliphatic carbocycles. The Hall–Kier alpha value is -1.14. The van der Waals surface area contributed by atoms with E-state index in [1.165, 1.54) is 0 Å². The average Bonchev–Trinajstić information content (AvgIpc) is 2.23. The summed E-state index contributed by atoms with van der Waals surface area (Å²) in [6.07, 6.45) is 3.04. The van der Waals surface area contributed by atoms with Crippen molar-refractivity contribution in [1.29, 1.82) is 0 Å². The monoisotopic (exact) mass is 200 g/mol. The quantitative estimate of drug-likeness (QED) is 0.417. The van der Waals surface area contributed by atoms with Crippen LogP contribution < -0.4 is 0 Å². The lowest BCUT2D eigenvalue weighted by Gasteiger charge is -2.43. The molecule has 0 aromatic heterocycles. The highest BCUT2D eigenvalue weighted by atomic mass is 16.5. The maximum Gasteiger partial charge on any atom is 0.337 e. The largest absolute Gasteiger partial charge is 0.337 e. The van der Waals surface area contributed by atoms with Crippen LogP contribution >= 0.6 is 0 Å². The highest BCUT2D eigenvalue weighted by Crippen LogP contribution is 2.29. The third-order valence-corrected chi connectivity index (χ3v) is 2.92. The van der Waals surface area contributed by atoms with E-state index in [9.17, 15) is 20.0 Å². The molecule has 1 aliphatic heterocycles. The molecule has 2 amide bonds. The van der Waals surface area contributed by atoms with Gasteiger partial charge < -0.3 is 0 Å². The molecule has 0 radical (unpaired) electrons. The van der Waals surface area contributed by atoms with Crippen molar-refractivity contribution >= 4 is 11.8 Å². The van der Waals surface area contributed by atoms with Gasteiger partial charge in [0.05, 0.1) is 12.1 Å². The third kappa shape index (κ3) is 1.18. The van der Waals surface area contributed by atoms with E-state index in [0.29, 0.717) is 23.0 Å². The van der Waals surface area contributed by atoms with Crippen LogP contribution in [0.1, 0.15) is 25.7 Å². The van der Waals surface area contributed by atoms with Crippen LogP contribution in [0.2, 0.25) is 0 Å². The summed E-state index contributed by atoms with van der Waals surface area (Å²) in [5.74, 6) is -2.09. The number of piperazine rings is 1. The molecule has 6 heteroatoms. The van der Waals surface area contributed by atoms with E-state index in [2.05, 4.69) is 0 Å². The minimum atomic E-state index is -1.05. The molecule has 78 valence electrons. The molecular formula is C8H12N2O4. The Bertz CT molecular complexity index is 253. The van der Waals surface area contributed by atoms with E-state index >= 15 is 0 Å².